The third kappa shape index (κ3) is 4.93. The molecule has 0 bridgehead atoms. The van der Waals surface area contributed by atoms with Crippen molar-refractivity contribution in [1.82, 2.24) is 8.87 Å². The SMILES string of the molecule is CCCc1ccc(C(=O)Cn2cc(S(=O)(=O)N(CC)CC)ccc2=O)cc1. The van der Waals surface area contributed by atoms with E-state index in [-0.39, 0.29) is 17.2 Å². The lowest BCUT2D eigenvalue weighted by Crippen LogP contribution is -2.32. The largest absolute Gasteiger partial charge is 0.306 e. The van der Waals surface area contributed by atoms with Gasteiger partial charge in [0.25, 0.3) is 5.56 Å². The van der Waals surface area contributed by atoms with Crippen LogP contribution in [0.3, 0.4) is 0 Å². The van der Waals surface area contributed by atoms with E-state index in [1.807, 2.05) is 12.1 Å². The molecule has 0 saturated heterocycles. The number of carbonyl (C=O) groups is 1. The Morgan fingerprint density at radius 2 is 1.63 bits per heavy atom. The first-order valence-electron chi connectivity index (χ1n) is 9.16. The highest BCUT2D eigenvalue weighted by Crippen LogP contribution is 2.14. The van der Waals surface area contributed by atoms with E-state index in [1.54, 1.807) is 26.0 Å². The van der Waals surface area contributed by atoms with Gasteiger partial charge in [-0.3, -0.25) is 9.59 Å². The third-order valence-electron chi connectivity index (χ3n) is 4.43. The van der Waals surface area contributed by atoms with Crippen LogP contribution in [0, 0.1) is 0 Å². The average Bonchev–Trinajstić information content (AvgIpc) is 2.65. The molecule has 0 aliphatic heterocycles. The molecule has 6 nitrogen and oxygen atoms in total. The molecule has 146 valence electrons. The summed E-state index contributed by atoms with van der Waals surface area (Å²) in [5.74, 6) is -0.238. The first-order chi connectivity index (χ1) is 12.8. The molecule has 0 N–H and O–H groups in total. The van der Waals surface area contributed by atoms with E-state index in [9.17, 15) is 18.0 Å². The number of hydrogen-bond donors (Lipinski definition) is 0. The van der Waals surface area contributed by atoms with Gasteiger partial charge in [-0.25, -0.2) is 8.42 Å². The molecule has 0 radical (unpaired) electrons. The van der Waals surface area contributed by atoms with Crippen LogP contribution in [-0.4, -0.2) is 36.2 Å². The Labute approximate surface area is 160 Å². The van der Waals surface area contributed by atoms with Gasteiger partial charge in [0.2, 0.25) is 10.0 Å². The van der Waals surface area contributed by atoms with Gasteiger partial charge in [0.05, 0.1) is 11.4 Å². The zero-order chi connectivity index (χ0) is 20.0. The molecule has 2 rings (SSSR count). The van der Waals surface area contributed by atoms with Crippen molar-refractivity contribution in [1.29, 1.82) is 0 Å². The van der Waals surface area contributed by atoms with Crippen molar-refractivity contribution >= 4 is 15.8 Å². The van der Waals surface area contributed by atoms with Crippen molar-refractivity contribution < 1.29 is 13.2 Å². The number of rotatable bonds is 9. The predicted molar refractivity (Wildman–Crippen MR) is 106 cm³/mol. The van der Waals surface area contributed by atoms with E-state index >= 15 is 0 Å². The van der Waals surface area contributed by atoms with E-state index < -0.39 is 15.6 Å². The summed E-state index contributed by atoms with van der Waals surface area (Å²) in [6.45, 7) is 6.06. The molecule has 0 fully saturated rings. The Morgan fingerprint density at radius 1 is 1.00 bits per heavy atom. The van der Waals surface area contributed by atoms with Crippen LogP contribution < -0.4 is 5.56 Å². The van der Waals surface area contributed by atoms with E-state index in [0.717, 1.165) is 23.0 Å². The van der Waals surface area contributed by atoms with Crippen LogP contribution in [-0.2, 0) is 23.0 Å². The molecule has 7 heteroatoms. The molecule has 0 aliphatic rings. The van der Waals surface area contributed by atoms with Gasteiger partial charge in [-0.2, -0.15) is 4.31 Å². The van der Waals surface area contributed by atoms with Crippen LogP contribution in [0.2, 0.25) is 0 Å². The summed E-state index contributed by atoms with van der Waals surface area (Å²) < 4.78 is 27.7. The molecule has 0 amide bonds. The highest BCUT2D eigenvalue weighted by molar-refractivity contribution is 7.89. The average molecular weight is 391 g/mol. The normalized spacial score (nSPS) is 11.7. The predicted octanol–water partition coefficient (Wildman–Crippen LogP) is 2.71. The van der Waals surface area contributed by atoms with Crippen LogP contribution in [0.1, 0.15) is 43.1 Å². The zero-order valence-corrected chi connectivity index (χ0v) is 16.8. The maximum absolute atomic E-state index is 12.6. The quantitative estimate of drug-likeness (QED) is 0.617. The minimum absolute atomic E-state index is 0.0110. The van der Waals surface area contributed by atoms with Gasteiger partial charge in [0.15, 0.2) is 5.78 Å². The topological polar surface area (TPSA) is 76.5 Å². The number of nitrogens with zero attached hydrogens (tertiary/aromatic N) is 2. The third-order valence-corrected chi connectivity index (χ3v) is 6.46. The van der Waals surface area contributed by atoms with Crippen LogP contribution in [0.5, 0.6) is 0 Å². The molecule has 0 aliphatic carbocycles. The van der Waals surface area contributed by atoms with Gasteiger partial charge in [0, 0.05) is 30.9 Å². The monoisotopic (exact) mass is 390 g/mol. The molecule has 0 spiro atoms. The maximum Gasteiger partial charge on any atom is 0.251 e. The second-order valence-electron chi connectivity index (χ2n) is 6.29. The Balaban J connectivity index is 2.28. The second-order valence-corrected chi connectivity index (χ2v) is 8.23. The molecule has 1 aromatic carbocycles. The second kappa shape index (κ2) is 9.10. The van der Waals surface area contributed by atoms with E-state index in [1.165, 1.54) is 22.6 Å². The molecule has 1 heterocycles. The standard InChI is InChI=1S/C20H26N2O4S/c1-4-7-16-8-10-17(11-9-16)19(23)15-21-14-18(12-13-20(21)24)27(25,26)22(5-2)6-3/h8-14H,4-7,15H2,1-3H3. The number of sulfonamides is 1. The Bertz CT molecular complexity index is 943. The number of Topliss-reactive ketones (excluding diaryl/α,β-unsaturated/α-hetero) is 1. The number of hydrogen-bond acceptors (Lipinski definition) is 4. The van der Waals surface area contributed by atoms with Crippen molar-refractivity contribution in [2.45, 2.75) is 45.1 Å². The Morgan fingerprint density at radius 3 is 2.19 bits per heavy atom. The van der Waals surface area contributed by atoms with E-state index in [2.05, 4.69) is 6.92 Å². The van der Waals surface area contributed by atoms with Crippen molar-refractivity contribution in [2.75, 3.05) is 13.1 Å². The number of benzene rings is 1. The molecule has 0 atom stereocenters. The smallest absolute Gasteiger partial charge is 0.251 e. The van der Waals surface area contributed by atoms with Gasteiger partial charge in [0.1, 0.15) is 0 Å². The molecule has 1 aromatic heterocycles. The van der Waals surface area contributed by atoms with Crippen LogP contribution in [0.15, 0.2) is 52.3 Å². The zero-order valence-electron chi connectivity index (χ0n) is 16.0. The van der Waals surface area contributed by atoms with Crippen molar-refractivity contribution in [3.05, 3.63) is 64.1 Å². The fourth-order valence-electron chi connectivity index (χ4n) is 2.89. The van der Waals surface area contributed by atoms with Crippen LogP contribution in [0.4, 0.5) is 0 Å². The molecular weight excluding hydrogens is 364 g/mol. The number of carbonyl (C=O) groups excluding carboxylic acids is 1. The fraction of sp³-hybridized carbons (Fsp3) is 0.400. The first-order valence-corrected chi connectivity index (χ1v) is 10.6. The number of aromatic nitrogens is 1. The lowest BCUT2D eigenvalue weighted by atomic mass is 10.1. The molecule has 27 heavy (non-hydrogen) atoms. The number of ketones is 1. The fourth-order valence-corrected chi connectivity index (χ4v) is 4.37. The summed E-state index contributed by atoms with van der Waals surface area (Å²) in [6.07, 6.45) is 3.22. The summed E-state index contributed by atoms with van der Waals surface area (Å²) in [5, 5.41) is 0. The Hall–Kier alpha value is -2.25. The summed E-state index contributed by atoms with van der Waals surface area (Å²) in [7, 11) is -3.69. The van der Waals surface area contributed by atoms with E-state index in [4.69, 9.17) is 0 Å². The van der Waals surface area contributed by atoms with Gasteiger partial charge in [-0.1, -0.05) is 51.5 Å². The van der Waals surface area contributed by atoms with Crippen molar-refractivity contribution in [2.24, 2.45) is 0 Å². The number of pyridine rings is 1. The summed E-state index contributed by atoms with van der Waals surface area (Å²) in [6, 6.07) is 9.77. The van der Waals surface area contributed by atoms with Crippen molar-refractivity contribution in [3.8, 4) is 0 Å². The minimum Gasteiger partial charge on any atom is -0.306 e. The lowest BCUT2D eigenvalue weighted by Gasteiger charge is -2.19. The van der Waals surface area contributed by atoms with Crippen LogP contribution in [0.25, 0.3) is 0 Å². The first kappa shape index (κ1) is 21.1. The van der Waals surface area contributed by atoms with Crippen molar-refractivity contribution in [3.63, 3.8) is 0 Å². The van der Waals surface area contributed by atoms with Gasteiger partial charge < -0.3 is 4.57 Å². The highest BCUT2D eigenvalue weighted by Gasteiger charge is 2.22. The van der Waals surface area contributed by atoms with E-state index in [0.29, 0.717) is 18.7 Å². The lowest BCUT2D eigenvalue weighted by molar-refractivity contribution is 0.0970. The summed E-state index contributed by atoms with van der Waals surface area (Å²) in [4.78, 5) is 24.6. The maximum atomic E-state index is 12.6. The molecular formula is C20H26N2O4S. The minimum atomic E-state index is -3.69. The molecule has 2 aromatic rings. The number of aryl methyl sites for hydroxylation is 1. The highest BCUT2D eigenvalue weighted by atomic mass is 32.2. The Kier molecular flexibility index (Phi) is 7.10. The van der Waals surface area contributed by atoms with Crippen LogP contribution >= 0.6 is 0 Å². The summed E-state index contributed by atoms with van der Waals surface area (Å²) >= 11 is 0. The summed E-state index contributed by atoms with van der Waals surface area (Å²) in [5.41, 5.74) is 1.24. The van der Waals surface area contributed by atoms with Gasteiger partial charge in [-0.05, 0) is 18.1 Å². The van der Waals surface area contributed by atoms with Gasteiger partial charge in [-0.15, -0.1) is 0 Å². The molecule has 0 saturated carbocycles. The molecule has 0 unspecified atom stereocenters. The van der Waals surface area contributed by atoms with Gasteiger partial charge >= 0.3 is 0 Å².